The molecule has 0 fully saturated rings. The number of hydrogen-bond acceptors (Lipinski definition) is 4. The Kier molecular flexibility index (Phi) is 10.9. The predicted octanol–water partition coefficient (Wildman–Crippen LogP) is 18.2. The highest BCUT2D eigenvalue weighted by molar-refractivity contribution is 7.00. The second-order valence-electron chi connectivity index (χ2n) is 28.0. The first-order valence-electron chi connectivity index (χ1n) is 28.4. The zero-order valence-corrected chi connectivity index (χ0v) is 48.9. The van der Waals surface area contributed by atoms with Crippen LogP contribution in [0.3, 0.4) is 0 Å². The summed E-state index contributed by atoms with van der Waals surface area (Å²) in [6, 6.07) is 65.2. The van der Waals surface area contributed by atoms with Crippen molar-refractivity contribution >= 4 is 107 Å². The van der Waals surface area contributed by atoms with E-state index in [4.69, 9.17) is 0 Å². The van der Waals surface area contributed by atoms with E-state index in [1.165, 1.54) is 82.8 Å². The van der Waals surface area contributed by atoms with E-state index in [0.717, 1.165) is 50.9 Å². The highest BCUT2D eigenvalue weighted by Crippen LogP contribution is 2.55. The van der Waals surface area contributed by atoms with Crippen molar-refractivity contribution in [3.05, 3.63) is 197 Å². The van der Waals surface area contributed by atoms with E-state index >= 15 is 0 Å². The standard InChI is InChI=1S/C73H72BN5/c1-69(2,3)47-21-27-52(28-22-47)76(53-29-23-48(24-30-53)70(4,5)6)55-31-32-58-61(42-55)77(54-26-20-45-18-16-17-19-46(45)36-54)62-34-44(43-75)35-63-66(62)74(58)59-39-51(73(13,14)15)41-65-68(59)79(63)64-40-50(72(10,11)12)38-57-56-37-49(71(7,8)9)25-33-60(56)78(65)67(57)64/h16-42H,1-15H3. The third-order valence-corrected chi connectivity index (χ3v) is 17.4. The van der Waals surface area contributed by atoms with Gasteiger partial charge in [-0.3, -0.25) is 0 Å². The Hall–Kier alpha value is -8.01. The van der Waals surface area contributed by atoms with Crippen LogP contribution in [0.4, 0.5) is 51.2 Å². The Morgan fingerprint density at radius 1 is 0.405 bits per heavy atom. The van der Waals surface area contributed by atoms with Crippen LogP contribution in [0, 0.1) is 11.3 Å². The lowest BCUT2D eigenvalue weighted by Gasteiger charge is -2.47. The van der Waals surface area contributed by atoms with Crippen LogP contribution >= 0.6 is 0 Å². The molecule has 10 aromatic rings. The third kappa shape index (κ3) is 7.93. The molecule has 3 aliphatic rings. The fourth-order valence-corrected chi connectivity index (χ4v) is 12.9. The molecule has 0 bridgehead atoms. The van der Waals surface area contributed by atoms with Crippen LogP contribution in [0.2, 0.25) is 0 Å². The fraction of sp³-hybridized carbons (Fsp3) is 0.274. The third-order valence-electron chi connectivity index (χ3n) is 17.4. The molecule has 6 heteroatoms. The first-order valence-corrected chi connectivity index (χ1v) is 28.4. The van der Waals surface area contributed by atoms with Gasteiger partial charge in [0.15, 0.2) is 0 Å². The van der Waals surface area contributed by atoms with E-state index in [2.05, 4.69) is 293 Å². The van der Waals surface area contributed by atoms with Crippen LogP contribution in [-0.4, -0.2) is 11.3 Å². The van der Waals surface area contributed by atoms with Crippen LogP contribution in [0.25, 0.3) is 38.3 Å². The summed E-state index contributed by atoms with van der Waals surface area (Å²) >= 11 is 0. The minimum Gasteiger partial charge on any atom is -0.311 e. The van der Waals surface area contributed by atoms with Crippen molar-refractivity contribution in [2.45, 2.75) is 131 Å². The minimum absolute atomic E-state index is 0.00464. The smallest absolute Gasteiger partial charge is 0.252 e. The van der Waals surface area contributed by atoms with Crippen molar-refractivity contribution in [1.82, 2.24) is 4.57 Å². The number of nitrogens with zero attached hydrogens (tertiary/aromatic N) is 5. The highest BCUT2D eigenvalue weighted by Gasteiger charge is 2.48. The molecule has 79 heavy (non-hydrogen) atoms. The molecule has 5 nitrogen and oxygen atoms in total. The van der Waals surface area contributed by atoms with Crippen molar-refractivity contribution in [3.63, 3.8) is 0 Å². The van der Waals surface area contributed by atoms with Gasteiger partial charge < -0.3 is 19.3 Å². The lowest BCUT2D eigenvalue weighted by molar-refractivity contribution is 0.590. The lowest BCUT2D eigenvalue weighted by Crippen LogP contribution is -2.62. The maximum absolute atomic E-state index is 11.3. The van der Waals surface area contributed by atoms with Crippen molar-refractivity contribution in [2.24, 2.45) is 0 Å². The average Bonchev–Trinajstić information content (AvgIpc) is 3.21. The molecular formula is C73H72BN5. The monoisotopic (exact) mass is 1030 g/mol. The predicted molar refractivity (Wildman–Crippen MR) is 339 cm³/mol. The lowest BCUT2D eigenvalue weighted by atomic mass is 9.33. The van der Waals surface area contributed by atoms with E-state index < -0.39 is 0 Å². The Labute approximate surface area is 468 Å². The number of rotatable bonds is 4. The normalized spacial score (nSPS) is 13.9. The van der Waals surface area contributed by atoms with Crippen molar-refractivity contribution in [3.8, 4) is 11.8 Å². The quantitative estimate of drug-likeness (QED) is 0.165. The number of fused-ring (bicyclic) bond motifs is 10. The van der Waals surface area contributed by atoms with E-state index in [1.54, 1.807) is 0 Å². The van der Waals surface area contributed by atoms with Gasteiger partial charge in [0.1, 0.15) is 0 Å². The van der Waals surface area contributed by atoms with Gasteiger partial charge in [0.2, 0.25) is 0 Å². The van der Waals surface area contributed by atoms with Gasteiger partial charge in [0.05, 0.1) is 39.7 Å². The van der Waals surface area contributed by atoms with E-state index in [-0.39, 0.29) is 33.8 Å². The van der Waals surface area contributed by atoms with Gasteiger partial charge in [-0.2, -0.15) is 5.26 Å². The summed E-state index contributed by atoms with van der Waals surface area (Å²) in [4.78, 5) is 7.46. The van der Waals surface area contributed by atoms with Crippen molar-refractivity contribution in [1.29, 1.82) is 5.26 Å². The molecule has 0 N–H and O–H groups in total. The van der Waals surface area contributed by atoms with Crippen LogP contribution < -0.4 is 31.1 Å². The molecule has 392 valence electrons. The number of aromatic nitrogens is 1. The molecule has 0 radical (unpaired) electrons. The number of hydrogen-bond donors (Lipinski definition) is 0. The molecule has 0 saturated carbocycles. The summed E-state index contributed by atoms with van der Waals surface area (Å²) in [5, 5.41) is 16.2. The van der Waals surface area contributed by atoms with Gasteiger partial charge in [0.25, 0.3) is 6.71 Å². The van der Waals surface area contributed by atoms with Gasteiger partial charge in [-0.05, 0) is 173 Å². The molecular weight excluding hydrogens is 958 g/mol. The maximum Gasteiger partial charge on any atom is 0.252 e. The summed E-state index contributed by atoms with van der Waals surface area (Å²) in [5.41, 5.74) is 23.8. The molecule has 0 saturated heterocycles. The maximum atomic E-state index is 11.3. The zero-order valence-electron chi connectivity index (χ0n) is 48.9. The molecule has 0 spiro atoms. The highest BCUT2D eigenvalue weighted by atomic mass is 15.2. The van der Waals surface area contributed by atoms with E-state index in [1.807, 2.05) is 0 Å². The van der Waals surface area contributed by atoms with Crippen LogP contribution in [0.15, 0.2) is 164 Å². The topological polar surface area (TPSA) is 38.4 Å². The molecule has 0 aliphatic carbocycles. The number of benzene rings is 9. The number of anilines is 9. The van der Waals surface area contributed by atoms with Gasteiger partial charge >= 0.3 is 0 Å². The Morgan fingerprint density at radius 2 is 0.937 bits per heavy atom. The second kappa shape index (κ2) is 17.0. The van der Waals surface area contributed by atoms with Crippen LogP contribution in [0.1, 0.15) is 137 Å². The molecule has 13 rings (SSSR count). The second-order valence-corrected chi connectivity index (χ2v) is 28.0. The fourth-order valence-electron chi connectivity index (χ4n) is 12.9. The van der Waals surface area contributed by atoms with Crippen molar-refractivity contribution < 1.29 is 0 Å². The van der Waals surface area contributed by atoms with Gasteiger partial charge in [0, 0.05) is 50.6 Å². The van der Waals surface area contributed by atoms with Gasteiger partial charge in [-0.1, -0.05) is 177 Å². The molecule has 0 amide bonds. The molecule has 4 heterocycles. The van der Waals surface area contributed by atoms with Crippen LogP contribution in [0.5, 0.6) is 0 Å². The van der Waals surface area contributed by atoms with Crippen molar-refractivity contribution in [2.75, 3.05) is 14.7 Å². The van der Waals surface area contributed by atoms with Gasteiger partial charge in [-0.15, -0.1) is 0 Å². The van der Waals surface area contributed by atoms with Crippen LogP contribution in [-0.2, 0) is 27.1 Å². The first-order chi connectivity index (χ1) is 37.3. The Morgan fingerprint density at radius 3 is 1.53 bits per heavy atom. The summed E-state index contributed by atoms with van der Waals surface area (Å²) in [6.07, 6.45) is 0. The zero-order chi connectivity index (χ0) is 55.6. The molecule has 3 aliphatic heterocycles. The largest absolute Gasteiger partial charge is 0.311 e. The molecule has 0 atom stereocenters. The van der Waals surface area contributed by atoms with E-state index in [9.17, 15) is 5.26 Å². The van der Waals surface area contributed by atoms with Gasteiger partial charge in [-0.25, -0.2) is 0 Å². The summed E-state index contributed by atoms with van der Waals surface area (Å²) in [6.45, 7) is 34.5. The average molecular weight is 1030 g/mol. The molecule has 1 aromatic heterocycles. The summed E-state index contributed by atoms with van der Waals surface area (Å²) in [5.74, 6) is 0. The molecule has 9 aromatic carbocycles. The minimum atomic E-state index is -0.175. The summed E-state index contributed by atoms with van der Waals surface area (Å²) < 4.78 is 2.59. The molecule has 0 unspecified atom stereocenters. The SMILES string of the molecule is CC(C)(C)c1ccc(N(c2ccc(C(C)(C)C)cc2)c2ccc3c(c2)N(c2ccc4ccccc4c2)c2cc(C#N)cc4c2B3c2cc(C(C)(C)C)cc3c2N4c2cc(C(C)(C)C)cc4c5cc(C(C)(C)C)ccc5n-3c24)cc1. The number of nitriles is 1. The Balaban J connectivity index is 1.15. The van der Waals surface area contributed by atoms with E-state index in [0.29, 0.717) is 5.56 Å². The first kappa shape index (κ1) is 50.5. The Bertz CT molecular complexity index is 4170. The summed E-state index contributed by atoms with van der Waals surface area (Å²) in [7, 11) is 0.